The summed E-state index contributed by atoms with van der Waals surface area (Å²) in [6.45, 7) is 11.1. The lowest BCUT2D eigenvalue weighted by molar-refractivity contribution is -0.135. The highest BCUT2D eigenvalue weighted by Crippen LogP contribution is 2.19. The topological polar surface area (TPSA) is 111 Å². The lowest BCUT2D eigenvalue weighted by atomic mass is 9.93. The van der Waals surface area contributed by atoms with Gasteiger partial charge in [0.05, 0.1) is 6.54 Å². The molecular formula is C28H37N3O4. The summed E-state index contributed by atoms with van der Waals surface area (Å²) in [6.07, 6.45) is 3.74. The van der Waals surface area contributed by atoms with E-state index in [4.69, 9.17) is 5.21 Å². The maximum atomic E-state index is 12.4. The number of benzene rings is 2. The minimum absolute atomic E-state index is 0.123. The lowest BCUT2D eigenvalue weighted by Gasteiger charge is -2.17. The minimum Gasteiger partial charge on any atom is -0.360 e. The van der Waals surface area contributed by atoms with Crippen LogP contribution in [0.4, 0.5) is 0 Å². The highest BCUT2D eigenvalue weighted by molar-refractivity contribution is 6.09. The normalized spacial score (nSPS) is 10.8. The maximum Gasteiger partial charge on any atom is 0.244 e. The number of carbonyl (C=O) groups is 3. The van der Waals surface area contributed by atoms with Gasteiger partial charge in [0.15, 0.2) is 5.78 Å². The number of fused-ring (bicyclic) bond motifs is 1. The van der Waals surface area contributed by atoms with Crippen LogP contribution in [-0.4, -0.2) is 34.3 Å². The monoisotopic (exact) mass is 479 g/mol. The Morgan fingerprint density at radius 2 is 1.66 bits per heavy atom. The molecule has 0 radical (unpaired) electrons. The zero-order valence-corrected chi connectivity index (χ0v) is 21.0. The van der Waals surface area contributed by atoms with Gasteiger partial charge in [0.2, 0.25) is 11.8 Å². The standard InChI is InChI=1S/C18H23N3O4.C7H8.C3H6/c1-11(2)7-12(8-17(23)21-25)18(24)20-10-16(22)14-9-19-15-6-4-3-5-13(14)15;1-7-5-3-2-4-6-7;1-3-2/h3-6,9,11-12,19,25H,7-8,10H2,1-2H3,(H,20,24)(H,21,23);2-6H,1H3;3H,1H2,2H3. The molecule has 0 aliphatic carbocycles. The van der Waals surface area contributed by atoms with Crippen LogP contribution in [-0.2, 0) is 9.59 Å². The summed E-state index contributed by atoms with van der Waals surface area (Å²) in [4.78, 5) is 39.1. The molecular weight excluding hydrogens is 442 g/mol. The molecule has 7 nitrogen and oxygen atoms in total. The Labute approximate surface area is 207 Å². The number of Topliss-reactive ketones (excluding diaryl/α,β-unsaturated/α-hetero) is 1. The van der Waals surface area contributed by atoms with Gasteiger partial charge < -0.3 is 10.3 Å². The van der Waals surface area contributed by atoms with Crippen LogP contribution in [0.5, 0.6) is 0 Å². The van der Waals surface area contributed by atoms with Crippen LogP contribution < -0.4 is 10.8 Å². The van der Waals surface area contributed by atoms with Crippen molar-refractivity contribution in [3.63, 3.8) is 0 Å². The van der Waals surface area contributed by atoms with Crippen LogP contribution >= 0.6 is 0 Å². The Kier molecular flexibility index (Phi) is 13.4. The molecule has 1 heterocycles. The fourth-order valence-corrected chi connectivity index (χ4v) is 3.37. The van der Waals surface area contributed by atoms with Gasteiger partial charge >= 0.3 is 0 Å². The number of ketones is 1. The van der Waals surface area contributed by atoms with E-state index in [2.05, 4.69) is 35.9 Å². The van der Waals surface area contributed by atoms with Crippen molar-refractivity contribution in [1.29, 1.82) is 0 Å². The number of aromatic amines is 1. The van der Waals surface area contributed by atoms with E-state index in [0.29, 0.717) is 12.0 Å². The molecule has 0 bridgehead atoms. The predicted octanol–water partition coefficient (Wildman–Crippen LogP) is 5.21. The molecule has 1 atom stereocenters. The number of H-pyrrole nitrogens is 1. The summed E-state index contributed by atoms with van der Waals surface area (Å²) < 4.78 is 0. The number of nitrogens with one attached hydrogen (secondary N) is 3. The molecule has 0 spiro atoms. The largest absolute Gasteiger partial charge is 0.360 e. The number of hydroxylamine groups is 1. The zero-order valence-electron chi connectivity index (χ0n) is 21.0. The fourth-order valence-electron chi connectivity index (χ4n) is 3.37. The van der Waals surface area contributed by atoms with Crippen molar-refractivity contribution in [2.45, 2.75) is 40.5 Å². The van der Waals surface area contributed by atoms with Crippen molar-refractivity contribution in [2.75, 3.05) is 6.54 Å². The van der Waals surface area contributed by atoms with Crippen LogP contribution in [0.2, 0.25) is 0 Å². The number of amides is 2. The van der Waals surface area contributed by atoms with Crippen LogP contribution in [0.25, 0.3) is 10.9 Å². The molecule has 0 aliphatic heterocycles. The number of hydrogen-bond donors (Lipinski definition) is 4. The first kappa shape index (κ1) is 29.3. The molecule has 2 amide bonds. The Morgan fingerprint density at radius 3 is 2.20 bits per heavy atom. The Morgan fingerprint density at radius 1 is 1.06 bits per heavy atom. The molecule has 0 aliphatic rings. The summed E-state index contributed by atoms with van der Waals surface area (Å²) in [6, 6.07) is 17.7. The first-order valence-corrected chi connectivity index (χ1v) is 11.6. The molecule has 2 aromatic carbocycles. The molecule has 0 fully saturated rings. The summed E-state index contributed by atoms with van der Waals surface area (Å²) in [5, 5.41) is 12.1. The van der Waals surface area contributed by atoms with Crippen molar-refractivity contribution in [2.24, 2.45) is 11.8 Å². The number of aromatic nitrogens is 1. The zero-order chi connectivity index (χ0) is 26.2. The average Bonchev–Trinajstić information content (AvgIpc) is 3.27. The van der Waals surface area contributed by atoms with Gasteiger partial charge in [-0.25, -0.2) is 5.48 Å². The van der Waals surface area contributed by atoms with Gasteiger partial charge in [-0.3, -0.25) is 19.6 Å². The van der Waals surface area contributed by atoms with Gasteiger partial charge in [-0.2, -0.15) is 0 Å². The van der Waals surface area contributed by atoms with Crippen LogP contribution in [0.3, 0.4) is 0 Å². The number of carbonyl (C=O) groups excluding carboxylic acids is 3. The van der Waals surface area contributed by atoms with Crippen LogP contribution in [0.1, 0.15) is 49.5 Å². The van der Waals surface area contributed by atoms with Crippen molar-refractivity contribution in [1.82, 2.24) is 15.8 Å². The van der Waals surface area contributed by atoms with E-state index < -0.39 is 11.8 Å². The second kappa shape index (κ2) is 16.0. The van der Waals surface area contributed by atoms with Crippen molar-refractivity contribution >= 4 is 28.5 Å². The minimum atomic E-state index is -0.622. The summed E-state index contributed by atoms with van der Waals surface area (Å²) >= 11 is 0. The third kappa shape index (κ3) is 10.8. The second-order valence-corrected chi connectivity index (χ2v) is 8.52. The SMILES string of the molecule is C=CC.CC(C)CC(CC(=O)NO)C(=O)NCC(=O)c1c[nH]c2ccccc12.Cc1ccccc1. The lowest BCUT2D eigenvalue weighted by Crippen LogP contribution is -2.37. The average molecular weight is 480 g/mol. The van der Waals surface area contributed by atoms with E-state index in [-0.39, 0.29) is 30.6 Å². The maximum absolute atomic E-state index is 12.4. The number of para-hydroxylation sites is 1. The molecule has 35 heavy (non-hydrogen) atoms. The smallest absolute Gasteiger partial charge is 0.244 e. The van der Waals surface area contributed by atoms with E-state index in [1.165, 1.54) is 5.56 Å². The van der Waals surface area contributed by atoms with Gasteiger partial charge in [-0.05, 0) is 32.3 Å². The Bertz CT molecular complexity index is 1070. The summed E-state index contributed by atoms with van der Waals surface area (Å²) in [7, 11) is 0. The third-order valence-electron chi connectivity index (χ3n) is 4.94. The van der Waals surface area contributed by atoms with E-state index in [1.54, 1.807) is 17.8 Å². The van der Waals surface area contributed by atoms with Crippen LogP contribution in [0, 0.1) is 18.8 Å². The first-order chi connectivity index (χ1) is 16.7. The molecule has 1 unspecified atom stereocenters. The van der Waals surface area contributed by atoms with Crippen molar-refractivity contribution in [3.05, 3.63) is 84.6 Å². The molecule has 3 rings (SSSR count). The van der Waals surface area contributed by atoms with E-state index in [1.807, 2.05) is 63.2 Å². The second-order valence-electron chi connectivity index (χ2n) is 8.52. The summed E-state index contributed by atoms with van der Waals surface area (Å²) in [5.41, 5.74) is 4.24. The van der Waals surface area contributed by atoms with Gasteiger partial charge in [0.1, 0.15) is 0 Å². The fraction of sp³-hybridized carbons (Fsp3) is 0.321. The third-order valence-corrected chi connectivity index (χ3v) is 4.94. The Balaban J connectivity index is 0.000000510. The Hall–Kier alpha value is -3.71. The molecule has 3 aromatic rings. The van der Waals surface area contributed by atoms with E-state index in [0.717, 1.165) is 10.9 Å². The number of rotatable bonds is 8. The van der Waals surface area contributed by atoms with Crippen molar-refractivity contribution < 1.29 is 19.6 Å². The van der Waals surface area contributed by atoms with Gasteiger partial charge in [0, 0.05) is 35.0 Å². The number of hydrogen-bond acceptors (Lipinski definition) is 4. The highest BCUT2D eigenvalue weighted by atomic mass is 16.5. The first-order valence-electron chi connectivity index (χ1n) is 11.6. The predicted molar refractivity (Wildman–Crippen MR) is 140 cm³/mol. The number of aryl methyl sites for hydroxylation is 1. The summed E-state index contributed by atoms with van der Waals surface area (Å²) in [5.74, 6) is -1.59. The van der Waals surface area contributed by atoms with Gasteiger partial charge in [0.25, 0.3) is 0 Å². The molecule has 0 saturated carbocycles. The molecule has 0 saturated heterocycles. The molecule has 4 N–H and O–H groups in total. The van der Waals surface area contributed by atoms with Gasteiger partial charge in [-0.1, -0.05) is 74.0 Å². The quantitative estimate of drug-likeness (QED) is 0.154. The highest BCUT2D eigenvalue weighted by Gasteiger charge is 2.23. The number of allylic oxidation sites excluding steroid dienone is 1. The van der Waals surface area contributed by atoms with Crippen LogP contribution in [0.15, 0.2) is 73.4 Å². The van der Waals surface area contributed by atoms with E-state index >= 15 is 0 Å². The van der Waals surface area contributed by atoms with E-state index in [9.17, 15) is 14.4 Å². The van der Waals surface area contributed by atoms with Gasteiger partial charge in [-0.15, -0.1) is 6.58 Å². The molecule has 188 valence electrons. The molecule has 7 heteroatoms. The molecule has 1 aromatic heterocycles. The van der Waals surface area contributed by atoms with Crippen molar-refractivity contribution in [3.8, 4) is 0 Å².